The predicted octanol–water partition coefficient (Wildman–Crippen LogP) is 4.79. The molecule has 0 aliphatic heterocycles. The van der Waals surface area contributed by atoms with Crippen molar-refractivity contribution in [3.05, 3.63) is 102 Å². The van der Waals surface area contributed by atoms with Gasteiger partial charge in [0.1, 0.15) is 11.8 Å². The zero-order valence-corrected chi connectivity index (χ0v) is 20.2. The van der Waals surface area contributed by atoms with Gasteiger partial charge in [-0.05, 0) is 49.1 Å². The van der Waals surface area contributed by atoms with Gasteiger partial charge in [0, 0.05) is 19.0 Å². The summed E-state index contributed by atoms with van der Waals surface area (Å²) in [6.45, 7) is 6.11. The molecule has 0 radical (unpaired) electrons. The molecule has 3 aromatic rings. The molecule has 0 aliphatic carbocycles. The largest absolute Gasteiger partial charge is 0.484 e. The number of rotatable bonds is 11. The molecule has 0 aliphatic rings. The first-order chi connectivity index (χ1) is 16.5. The minimum atomic E-state index is -0.663. The van der Waals surface area contributed by atoms with Crippen LogP contribution >= 0.6 is 0 Å². The van der Waals surface area contributed by atoms with Gasteiger partial charge in [0.2, 0.25) is 5.91 Å². The fraction of sp³-hybridized carbons (Fsp3) is 0.310. The van der Waals surface area contributed by atoms with Crippen LogP contribution in [0.2, 0.25) is 0 Å². The number of hydrogen-bond acceptors (Lipinski definition) is 3. The minimum absolute atomic E-state index is 0.0345. The molecular weight excluding hydrogens is 424 g/mol. The fourth-order valence-electron chi connectivity index (χ4n) is 3.76. The molecule has 1 N–H and O–H groups in total. The van der Waals surface area contributed by atoms with Gasteiger partial charge < -0.3 is 15.0 Å². The van der Waals surface area contributed by atoms with Crippen LogP contribution < -0.4 is 10.1 Å². The average Bonchev–Trinajstić information content (AvgIpc) is 2.85. The quantitative estimate of drug-likeness (QED) is 0.449. The molecular formula is C29H34N2O3. The van der Waals surface area contributed by atoms with Gasteiger partial charge in [-0.3, -0.25) is 9.59 Å². The van der Waals surface area contributed by atoms with E-state index in [1.807, 2.05) is 98.8 Å². The molecule has 178 valence electrons. The number of ether oxygens (including phenoxy) is 1. The Balaban J connectivity index is 1.86. The Morgan fingerprint density at radius 1 is 0.824 bits per heavy atom. The monoisotopic (exact) mass is 458 g/mol. The number of hydrogen-bond donors (Lipinski definition) is 1. The standard InChI is InChI=1S/C29H34N2O3/c1-4-23-15-17-26(18-16-23)34-21-28(32)31(20-25-13-9-6-10-14-25)27(29(33)30-22(2)3)19-24-11-7-5-8-12-24/h5-18,22,27H,4,19-21H2,1-3H3,(H,30,33)/t27-/m1/s1. The van der Waals surface area contributed by atoms with Crippen molar-refractivity contribution in [2.45, 2.75) is 52.2 Å². The number of nitrogens with zero attached hydrogens (tertiary/aromatic N) is 1. The highest BCUT2D eigenvalue weighted by atomic mass is 16.5. The predicted molar refractivity (Wildman–Crippen MR) is 136 cm³/mol. The van der Waals surface area contributed by atoms with Gasteiger partial charge in [0.05, 0.1) is 0 Å². The summed E-state index contributed by atoms with van der Waals surface area (Å²) in [5, 5.41) is 3.00. The van der Waals surface area contributed by atoms with Crippen molar-refractivity contribution in [3.63, 3.8) is 0 Å². The summed E-state index contributed by atoms with van der Waals surface area (Å²) in [6.07, 6.45) is 1.36. The van der Waals surface area contributed by atoms with Crippen LogP contribution in [0.25, 0.3) is 0 Å². The van der Waals surface area contributed by atoms with Gasteiger partial charge in [0.15, 0.2) is 6.61 Å². The van der Waals surface area contributed by atoms with E-state index in [-0.39, 0.29) is 24.5 Å². The Bertz CT molecular complexity index is 1030. The van der Waals surface area contributed by atoms with Crippen molar-refractivity contribution in [1.82, 2.24) is 10.2 Å². The van der Waals surface area contributed by atoms with E-state index in [0.717, 1.165) is 17.5 Å². The lowest BCUT2D eigenvalue weighted by atomic mass is 10.0. The second-order valence-electron chi connectivity index (χ2n) is 8.66. The zero-order valence-electron chi connectivity index (χ0n) is 20.2. The van der Waals surface area contributed by atoms with E-state index in [4.69, 9.17) is 4.74 Å². The maximum absolute atomic E-state index is 13.5. The maximum Gasteiger partial charge on any atom is 0.261 e. The van der Waals surface area contributed by atoms with E-state index >= 15 is 0 Å². The van der Waals surface area contributed by atoms with Gasteiger partial charge in [-0.2, -0.15) is 0 Å². The minimum Gasteiger partial charge on any atom is -0.484 e. The number of benzene rings is 3. The first-order valence-corrected chi connectivity index (χ1v) is 11.9. The lowest BCUT2D eigenvalue weighted by Gasteiger charge is -2.32. The third-order valence-electron chi connectivity index (χ3n) is 5.59. The van der Waals surface area contributed by atoms with E-state index in [9.17, 15) is 9.59 Å². The van der Waals surface area contributed by atoms with Gasteiger partial charge in [0.25, 0.3) is 5.91 Å². The number of amides is 2. The van der Waals surface area contributed by atoms with Crippen LogP contribution in [0.5, 0.6) is 5.75 Å². The number of nitrogens with one attached hydrogen (secondary N) is 1. The SMILES string of the molecule is CCc1ccc(OCC(=O)N(Cc2ccccc2)[C@H](Cc2ccccc2)C(=O)NC(C)C)cc1. The third kappa shape index (κ3) is 7.48. The second-order valence-corrected chi connectivity index (χ2v) is 8.66. The van der Waals surface area contributed by atoms with E-state index in [0.29, 0.717) is 18.7 Å². The van der Waals surface area contributed by atoms with E-state index < -0.39 is 6.04 Å². The van der Waals surface area contributed by atoms with Gasteiger partial charge in [-0.1, -0.05) is 79.7 Å². The lowest BCUT2D eigenvalue weighted by Crippen LogP contribution is -2.52. The molecule has 1 atom stereocenters. The Morgan fingerprint density at radius 3 is 1.97 bits per heavy atom. The molecule has 2 amide bonds. The van der Waals surface area contributed by atoms with Crippen LogP contribution in [0.1, 0.15) is 37.5 Å². The van der Waals surface area contributed by atoms with Crippen LogP contribution in [-0.2, 0) is 29.0 Å². The number of carbonyl (C=O) groups is 2. The second kappa shape index (κ2) is 12.6. The molecule has 5 heteroatoms. The molecule has 0 saturated heterocycles. The summed E-state index contributed by atoms with van der Waals surface area (Å²) in [6, 6.07) is 26.6. The van der Waals surface area contributed by atoms with Crippen molar-refractivity contribution in [1.29, 1.82) is 0 Å². The summed E-state index contributed by atoms with van der Waals surface area (Å²) in [5.41, 5.74) is 3.16. The normalized spacial score (nSPS) is 11.6. The summed E-state index contributed by atoms with van der Waals surface area (Å²) in [5.74, 6) is 0.232. The first kappa shape index (κ1) is 25.0. The van der Waals surface area contributed by atoms with Crippen molar-refractivity contribution in [3.8, 4) is 5.75 Å². The molecule has 0 aromatic heterocycles. The van der Waals surface area contributed by atoms with Crippen molar-refractivity contribution >= 4 is 11.8 Å². The Hall–Kier alpha value is -3.60. The van der Waals surface area contributed by atoms with Gasteiger partial charge >= 0.3 is 0 Å². The molecule has 34 heavy (non-hydrogen) atoms. The van der Waals surface area contributed by atoms with Crippen LogP contribution in [0, 0.1) is 0 Å². The lowest BCUT2D eigenvalue weighted by molar-refractivity contribution is -0.143. The topological polar surface area (TPSA) is 58.6 Å². The molecule has 0 fully saturated rings. The highest BCUT2D eigenvalue weighted by molar-refractivity contribution is 5.88. The molecule has 0 spiro atoms. The van der Waals surface area contributed by atoms with Crippen molar-refractivity contribution in [2.24, 2.45) is 0 Å². The van der Waals surface area contributed by atoms with E-state index in [2.05, 4.69) is 12.2 Å². The van der Waals surface area contributed by atoms with Crippen LogP contribution in [0.3, 0.4) is 0 Å². The molecule has 0 bridgehead atoms. The fourth-order valence-corrected chi connectivity index (χ4v) is 3.76. The van der Waals surface area contributed by atoms with E-state index in [1.165, 1.54) is 5.56 Å². The average molecular weight is 459 g/mol. The van der Waals surface area contributed by atoms with Gasteiger partial charge in [-0.15, -0.1) is 0 Å². The highest BCUT2D eigenvalue weighted by Crippen LogP contribution is 2.17. The van der Waals surface area contributed by atoms with Crippen LogP contribution in [-0.4, -0.2) is 35.4 Å². The zero-order chi connectivity index (χ0) is 24.3. The molecule has 0 heterocycles. The van der Waals surface area contributed by atoms with Gasteiger partial charge in [-0.25, -0.2) is 0 Å². The molecule has 0 saturated carbocycles. The van der Waals surface area contributed by atoms with Crippen molar-refractivity contribution in [2.75, 3.05) is 6.61 Å². The van der Waals surface area contributed by atoms with Crippen LogP contribution in [0.4, 0.5) is 0 Å². The summed E-state index contributed by atoms with van der Waals surface area (Å²) >= 11 is 0. The van der Waals surface area contributed by atoms with Crippen molar-refractivity contribution < 1.29 is 14.3 Å². The summed E-state index contributed by atoms with van der Waals surface area (Å²) in [7, 11) is 0. The Morgan fingerprint density at radius 2 is 1.41 bits per heavy atom. The maximum atomic E-state index is 13.5. The van der Waals surface area contributed by atoms with Crippen LogP contribution in [0.15, 0.2) is 84.9 Å². The molecule has 3 rings (SSSR count). The smallest absolute Gasteiger partial charge is 0.261 e. The van der Waals surface area contributed by atoms with E-state index in [1.54, 1.807) is 4.90 Å². The summed E-state index contributed by atoms with van der Waals surface area (Å²) in [4.78, 5) is 28.4. The molecule has 5 nitrogen and oxygen atoms in total. The first-order valence-electron chi connectivity index (χ1n) is 11.9. The molecule has 0 unspecified atom stereocenters. The Labute approximate surface area is 202 Å². The Kier molecular flexibility index (Phi) is 9.27. The molecule has 3 aromatic carbocycles. The third-order valence-corrected chi connectivity index (χ3v) is 5.59. The summed E-state index contributed by atoms with van der Waals surface area (Å²) < 4.78 is 5.82. The number of aryl methyl sites for hydroxylation is 1. The number of carbonyl (C=O) groups excluding carboxylic acids is 2. The highest BCUT2D eigenvalue weighted by Gasteiger charge is 2.31.